The highest BCUT2D eigenvalue weighted by molar-refractivity contribution is 7.80. The molecule has 1 aromatic carbocycles. The Balaban J connectivity index is 1.64. The van der Waals surface area contributed by atoms with Crippen LogP contribution >= 0.6 is 12.2 Å². The lowest BCUT2D eigenvalue weighted by atomic mass is 10.1. The molecule has 0 saturated carbocycles. The Bertz CT molecular complexity index is 791. The van der Waals surface area contributed by atoms with E-state index in [0.717, 1.165) is 37.8 Å². The zero-order chi connectivity index (χ0) is 18.6. The van der Waals surface area contributed by atoms with Crippen LogP contribution in [0.15, 0.2) is 30.3 Å². The fourth-order valence-electron chi connectivity index (χ4n) is 3.76. The summed E-state index contributed by atoms with van der Waals surface area (Å²) in [6, 6.07) is 10.7. The standard InChI is InChI=1S/C20H26N6S/c1-21-20(27)24-19-22-17(25-10-6-2-3-7-11-25)12-18(23-19)26-13-15-8-4-5-9-16(15)14-26/h4-5,8-9,12H,2-3,6-7,10-11,13-14H2,1H3,(H2,21,22,23,24,27). The number of hydrogen-bond donors (Lipinski definition) is 2. The van der Waals surface area contributed by atoms with Gasteiger partial charge in [-0.1, -0.05) is 37.1 Å². The smallest absolute Gasteiger partial charge is 0.232 e. The second kappa shape index (κ2) is 8.08. The molecule has 0 amide bonds. The molecule has 142 valence electrons. The van der Waals surface area contributed by atoms with Crippen LogP contribution in [0.4, 0.5) is 17.6 Å². The third kappa shape index (κ3) is 4.13. The van der Waals surface area contributed by atoms with Gasteiger partial charge in [0.2, 0.25) is 5.95 Å². The molecular formula is C20H26N6S. The zero-order valence-electron chi connectivity index (χ0n) is 15.7. The Morgan fingerprint density at radius 1 is 0.926 bits per heavy atom. The van der Waals surface area contributed by atoms with Crippen molar-refractivity contribution in [1.82, 2.24) is 15.3 Å². The van der Waals surface area contributed by atoms with Crippen molar-refractivity contribution in [2.24, 2.45) is 0 Å². The minimum Gasteiger partial charge on any atom is -0.365 e. The van der Waals surface area contributed by atoms with Crippen molar-refractivity contribution in [1.29, 1.82) is 0 Å². The second-order valence-corrected chi connectivity index (χ2v) is 7.55. The van der Waals surface area contributed by atoms with E-state index in [1.807, 2.05) is 0 Å². The summed E-state index contributed by atoms with van der Waals surface area (Å²) in [6.07, 6.45) is 5.02. The molecule has 1 aromatic heterocycles. The monoisotopic (exact) mass is 382 g/mol. The van der Waals surface area contributed by atoms with Crippen LogP contribution < -0.4 is 20.4 Å². The molecule has 0 unspecified atom stereocenters. The molecule has 1 saturated heterocycles. The number of benzene rings is 1. The molecule has 6 nitrogen and oxygen atoms in total. The highest BCUT2D eigenvalue weighted by Crippen LogP contribution is 2.30. The van der Waals surface area contributed by atoms with Gasteiger partial charge in [0.1, 0.15) is 11.6 Å². The SMILES string of the molecule is CNC(=S)Nc1nc(N2CCCCCC2)cc(N2Cc3ccccc3C2)n1. The highest BCUT2D eigenvalue weighted by Gasteiger charge is 2.22. The first-order valence-electron chi connectivity index (χ1n) is 9.67. The number of nitrogens with zero attached hydrogens (tertiary/aromatic N) is 4. The van der Waals surface area contributed by atoms with Crippen LogP contribution in [0.25, 0.3) is 0 Å². The molecule has 2 aromatic rings. The number of aromatic nitrogens is 2. The summed E-state index contributed by atoms with van der Waals surface area (Å²) in [5.41, 5.74) is 2.74. The normalized spacial score (nSPS) is 16.6. The van der Waals surface area contributed by atoms with Crippen molar-refractivity contribution in [3.8, 4) is 0 Å². The summed E-state index contributed by atoms with van der Waals surface area (Å²) in [5, 5.41) is 6.58. The van der Waals surface area contributed by atoms with Crippen LogP contribution in [0.3, 0.4) is 0 Å². The van der Waals surface area contributed by atoms with E-state index < -0.39 is 0 Å². The van der Waals surface area contributed by atoms with Crippen molar-refractivity contribution >= 4 is 34.9 Å². The van der Waals surface area contributed by atoms with Gasteiger partial charge in [-0.2, -0.15) is 9.97 Å². The maximum absolute atomic E-state index is 5.26. The molecule has 1 fully saturated rings. The molecule has 2 aliphatic rings. The number of anilines is 3. The van der Waals surface area contributed by atoms with Gasteiger partial charge >= 0.3 is 0 Å². The van der Waals surface area contributed by atoms with Gasteiger partial charge in [-0.3, -0.25) is 0 Å². The quantitative estimate of drug-likeness (QED) is 0.790. The molecule has 0 atom stereocenters. The summed E-state index contributed by atoms with van der Waals surface area (Å²) < 4.78 is 0. The molecule has 0 spiro atoms. The summed E-state index contributed by atoms with van der Waals surface area (Å²) in [5.74, 6) is 2.49. The van der Waals surface area contributed by atoms with Crippen LogP contribution in [-0.4, -0.2) is 35.2 Å². The third-order valence-electron chi connectivity index (χ3n) is 5.25. The third-order valence-corrected chi connectivity index (χ3v) is 5.55. The van der Waals surface area contributed by atoms with Gasteiger partial charge in [0.15, 0.2) is 5.11 Å². The van der Waals surface area contributed by atoms with E-state index in [0.29, 0.717) is 11.1 Å². The molecule has 2 N–H and O–H groups in total. The fourth-order valence-corrected chi connectivity index (χ4v) is 3.85. The van der Waals surface area contributed by atoms with Crippen LogP contribution in [0.1, 0.15) is 36.8 Å². The minimum atomic E-state index is 0.527. The van der Waals surface area contributed by atoms with Gasteiger partial charge in [-0.15, -0.1) is 0 Å². The topological polar surface area (TPSA) is 56.3 Å². The van der Waals surface area contributed by atoms with Crippen molar-refractivity contribution in [2.75, 3.05) is 35.3 Å². The van der Waals surface area contributed by atoms with Gasteiger partial charge in [0.25, 0.3) is 0 Å². The van der Waals surface area contributed by atoms with E-state index in [1.54, 1.807) is 7.05 Å². The van der Waals surface area contributed by atoms with Gasteiger partial charge in [0, 0.05) is 39.3 Å². The fraction of sp³-hybridized carbons (Fsp3) is 0.450. The lowest BCUT2D eigenvalue weighted by Gasteiger charge is -2.25. The summed E-state index contributed by atoms with van der Waals surface area (Å²) in [6.45, 7) is 3.85. The van der Waals surface area contributed by atoms with Gasteiger partial charge in [0.05, 0.1) is 0 Å². The van der Waals surface area contributed by atoms with Crippen molar-refractivity contribution in [2.45, 2.75) is 38.8 Å². The molecule has 7 heteroatoms. The van der Waals surface area contributed by atoms with E-state index >= 15 is 0 Å². The summed E-state index contributed by atoms with van der Waals surface area (Å²) >= 11 is 5.26. The predicted molar refractivity (Wildman–Crippen MR) is 114 cm³/mol. The first-order valence-corrected chi connectivity index (χ1v) is 10.1. The largest absolute Gasteiger partial charge is 0.365 e. The Kier molecular flexibility index (Phi) is 5.38. The molecule has 4 rings (SSSR count). The maximum Gasteiger partial charge on any atom is 0.232 e. The minimum absolute atomic E-state index is 0.527. The van der Waals surface area contributed by atoms with E-state index in [9.17, 15) is 0 Å². The molecule has 0 aliphatic carbocycles. The molecule has 3 heterocycles. The first kappa shape index (κ1) is 18.0. The van der Waals surface area contributed by atoms with Crippen molar-refractivity contribution in [3.63, 3.8) is 0 Å². The zero-order valence-corrected chi connectivity index (χ0v) is 16.6. The Morgan fingerprint density at radius 3 is 2.11 bits per heavy atom. The van der Waals surface area contributed by atoms with E-state index in [1.165, 1.54) is 36.8 Å². The first-order chi connectivity index (χ1) is 13.2. The van der Waals surface area contributed by atoms with Crippen molar-refractivity contribution in [3.05, 3.63) is 41.5 Å². The molecule has 27 heavy (non-hydrogen) atoms. The lowest BCUT2D eigenvalue weighted by molar-refractivity contribution is 0.726. The second-order valence-electron chi connectivity index (χ2n) is 7.14. The van der Waals surface area contributed by atoms with E-state index in [2.05, 4.69) is 50.8 Å². The van der Waals surface area contributed by atoms with Crippen LogP contribution in [0, 0.1) is 0 Å². The molecule has 0 bridgehead atoms. The average molecular weight is 383 g/mol. The van der Waals surface area contributed by atoms with Gasteiger partial charge < -0.3 is 20.4 Å². The number of thiocarbonyl (C=S) groups is 1. The van der Waals surface area contributed by atoms with Gasteiger partial charge in [-0.05, 0) is 36.2 Å². The number of hydrogen-bond acceptors (Lipinski definition) is 5. The molecule has 0 radical (unpaired) electrons. The van der Waals surface area contributed by atoms with E-state index in [4.69, 9.17) is 22.2 Å². The molecule has 2 aliphatic heterocycles. The lowest BCUT2D eigenvalue weighted by Crippen LogP contribution is -2.29. The summed E-state index contributed by atoms with van der Waals surface area (Å²) in [4.78, 5) is 14.2. The van der Waals surface area contributed by atoms with E-state index in [-0.39, 0.29) is 0 Å². The van der Waals surface area contributed by atoms with Gasteiger partial charge in [-0.25, -0.2) is 0 Å². The average Bonchev–Trinajstić information content (AvgIpc) is 2.94. The van der Waals surface area contributed by atoms with Crippen LogP contribution in [0.5, 0.6) is 0 Å². The molecular weight excluding hydrogens is 356 g/mol. The number of nitrogens with one attached hydrogen (secondary N) is 2. The summed E-state index contributed by atoms with van der Waals surface area (Å²) in [7, 11) is 1.80. The Morgan fingerprint density at radius 2 is 1.52 bits per heavy atom. The highest BCUT2D eigenvalue weighted by atomic mass is 32.1. The van der Waals surface area contributed by atoms with Crippen LogP contribution in [0.2, 0.25) is 0 Å². The number of rotatable bonds is 3. The Hall–Kier alpha value is -2.41. The van der Waals surface area contributed by atoms with Crippen molar-refractivity contribution < 1.29 is 0 Å². The number of fused-ring (bicyclic) bond motifs is 1. The maximum atomic E-state index is 5.26. The Labute approximate surface area is 166 Å². The predicted octanol–water partition coefficient (Wildman–Crippen LogP) is 3.29. The van der Waals surface area contributed by atoms with Crippen LogP contribution in [-0.2, 0) is 13.1 Å².